The van der Waals surface area contributed by atoms with Crippen LogP contribution in [0, 0.1) is 12.7 Å². The number of halogens is 2. The minimum absolute atomic E-state index is 0.00567. The van der Waals surface area contributed by atoms with Crippen LogP contribution in [0.1, 0.15) is 45.7 Å². The highest BCUT2D eigenvalue weighted by molar-refractivity contribution is 6.32. The monoisotopic (exact) mass is 394 g/mol. The molecular weight excluding hydrogens is 371 g/mol. The van der Waals surface area contributed by atoms with E-state index in [-0.39, 0.29) is 17.4 Å². The molecule has 27 heavy (non-hydrogen) atoms. The lowest BCUT2D eigenvalue weighted by molar-refractivity contribution is 0.0598. The predicted octanol–water partition coefficient (Wildman–Crippen LogP) is 6.17. The number of fused-ring (bicyclic) bond motifs is 2. The summed E-state index contributed by atoms with van der Waals surface area (Å²) >= 11 is 6.09. The third-order valence-electron chi connectivity index (χ3n) is 3.56. The fourth-order valence-corrected chi connectivity index (χ4v) is 2.68. The zero-order chi connectivity index (χ0) is 20.4. The molecule has 0 radical (unpaired) electrons. The van der Waals surface area contributed by atoms with Gasteiger partial charge in [-0.2, -0.15) is 0 Å². The van der Waals surface area contributed by atoms with E-state index in [9.17, 15) is 9.18 Å². The Bertz CT molecular complexity index is 850. The van der Waals surface area contributed by atoms with E-state index >= 15 is 0 Å². The molecule has 1 aromatic heterocycles. The number of aromatic nitrogens is 1. The Morgan fingerprint density at radius 1 is 1.33 bits per heavy atom. The van der Waals surface area contributed by atoms with E-state index in [0.29, 0.717) is 17.0 Å². The molecule has 0 N–H and O–H groups in total. The molecule has 0 spiro atoms. The Morgan fingerprint density at radius 2 is 2.00 bits per heavy atom. The molecule has 2 heterocycles. The summed E-state index contributed by atoms with van der Waals surface area (Å²) < 4.78 is 25.1. The van der Waals surface area contributed by atoms with Gasteiger partial charge in [0, 0.05) is 0 Å². The Hall–Kier alpha value is -2.34. The number of hydrogen-bond donors (Lipinski definition) is 0. The van der Waals surface area contributed by atoms with E-state index in [0.717, 1.165) is 11.8 Å². The highest BCUT2D eigenvalue weighted by atomic mass is 35.5. The van der Waals surface area contributed by atoms with Crippen molar-refractivity contribution in [2.75, 3.05) is 4.90 Å². The molecule has 0 saturated carbocycles. The molecule has 1 aliphatic heterocycles. The molecule has 5 nitrogen and oxygen atoms in total. The second kappa shape index (κ2) is 8.13. The Labute approximate surface area is 164 Å². The van der Waals surface area contributed by atoms with Gasteiger partial charge in [-0.3, -0.25) is 0 Å². The van der Waals surface area contributed by atoms with Crippen LogP contribution in [-0.2, 0) is 11.3 Å². The van der Waals surface area contributed by atoms with Gasteiger partial charge < -0.3 is 9.47 Å². The van der Waals surface area contributed by atoms with Gasteiger partial charge in [-0.15, -0.1) is 0 Å². The molecule has 1 amide bonds. The highest BCUT2D eigenvalue weighted by Gasteiger charge is 2.33. The number of nitrogens with zero attached hydrogens (tertiary/aromatic N) is 2. The molecule has 0 atom stereocenters. The van der Waals surface area contributed by atoms with E-state index in [1.165, 1.54) is 4.90 Å². The van der Waals surface area contributed by atoms with Crippen molar-refractivity contribution in [2.24, 2.45) is 0 Å². The number of pyridine rings is 1. The lowest BCUT2D eigenvalue weighted by Crippen LogP contribution is -2.34. The fraction of sp³-hybridized carbons (Fsp3) is 0.400. The van der Waals surface area contributed by atoms with Gasteiger partial charge in [0.1, 0.15) is 18.0 Å². The standard InChI is InChI=1S/C18H18ClFN2O3.C2H6/c1-10-5-6-14-13(7-10)22(17(23)25-18(2,3)4)16-11(9-24-14)15(19)12(20)8-21-16;1-2/h5-8H,9H2,1-4H3;1-2H3. The number of anilines is 2. The number of aryl methyl sites for hydroxylation is 1. The number of amides is 1. The highest BCUT2D eigenvalue weighted by Crippen LogP contribution is 2.42. The molecule has 3 rings (SSSR count). The molecule has 0 fully saturated rings. The number of ether oxygens (including phenoxy) is 2. The topological polar surface area (TPSA) is 51.7 Å². The quantitative estimate of drug-likeness (QED) is 0.535. The first-order chi connectivity index (χ1) is 12.7. The molecule has 146 valence electrons. The van der Waals surface area contributed by atoms with Gasteiger partial charge in [0.05, 0.1) is 22.5 Å². The van der Waals surface area contributed by atoms with E-state index in [2.05, 4.69) is 4.98 Å². The summed E-state index contributed by atoms with van der Waals surface area (Å²) in [7, 11) is 0. The first kappa shape index (κ1) is 21.0. The first-order valence-corrected chi connectivity index (χ1v) is 9.14. The van der Waals surface area contributed by atoms with Crippen LogP contribution in [0.4, 0.5) is 20.7 Å². The zero-order valence-corrected chi connectivity index (χ0v) is 17.1. The van der Waals surface area contributed by atoms with Crippen LogP contribution in [0.3, 0.4) is 0 Å². The largest absolute Gasteiger partial charge is 0.486 e. The lowest BCUT2D eigenvalue weighted by atomic mass is 10.2. The summed E-state index contributed by atoms with van der Waals surface area (Å²) in [6.45, 7) is 11.2. The van der Waals surface area contributed by atoms with Crippen molar-refractivity contribution in [1.82, 2.24) is 4.98 Å². The van der Waals surface area contributed by atoms with Crippen LogP contribution in [-0.4, -0.2) is 16.7 Å². The summed E-state index contributed by atoms with van der Waals surface area (Å²) in [5.41, 5.74) is 0.982. The average molecular weight is 395 g/mol. The van der Waals surface area contributed by atoms with Crippen LogP contribution < -0.4 is 9.64 Å². The fourth-order valence-electron chi connectivity index (χ4n) is 2.50. The predicted molar refractivity (Wildman–Crippen MR) is 104 cm³/mol. The smallest absolute Gasteiger partial charge is 0.420 e. The molecule has 7 heteroatoms. The average Bonchev–Trinajstić information content (AvgIpc) is 2.75. The number of carbonyl (C=O) groups is 1. The molecule has 0 bridgehead atoms. The van der Waals surface area contributed by atoms with Crippen LogP contribution in [0.2, 0.25) is 5.02 Å². The van der Waals surface area contributed by atoms with Gasteiger partial charge in [0.25, 0.3) is 0 Å². The summed E-state index contributed by atoms with van der Waals surface area (Å²) in [6, 6.07) is 5.39. The van der Waals surface area contributed by atoms with Gasteiger partial charge in [-0.25, -0.2) is 19.1 Å². The van der Waals surface area contributed by atoms with Crippen LogP contribution >= 0.6 is 11.6 Å². The van der Waals surface area contributed by atoms with Crippen LogP contribution in [0.15, 0.2) is 24.4 Å². The van der Waals surface area contributed by atoms with Gasteiger partial charge in [0.2, 0.25) is 0 Å². The second-order valence-electron chi connectivity index (χ2n) is 6.80. The van der Waals surface area contributed by atoms with E-state index in [4.69, 9.17) is 21.1 Å². The second-order valence-corrected chi connectivity index (χ2v) is 7.18. The maximum absolute atomic E-state index is 13.8. The zero-order valence-electron chi connectivity index (χ0n) is 16.4. The third kappa shape index (κ3) is 4.50. The van der Waals surface area contributed by atoms with Crippen molar-refractivity contribution in [3.63, 3.8) is 0 Å². The number of benzene rings is 1. The maximum Gasteiger partial charge on any atom is 0.420 e. The summed E-state index contributed by atoms with van der Waals surface area (Å²) in [5.74, 6) is -0.00812. The van der Waals surface area contributed by atoms with Crippen molar-refractivity contribution in [1.29, 1.82) is 0 Å². The summed E-state index contributed by atoms with van der Waals surface area (Å²) in [6.07, 6.45) is 0.348. The minimum Gasteiger partial charge on any atom is -0.486 e. The normalized spacial score (nSPS) is 12.7. The van der Waals surface area contributed by atoms with Crippen molar-refractivity contribution in [3.05, 3.63) is 46.4 Å². The summed E-state index contributed by atoms with van der Waals surface area (Å²) in [5, 5.41) is -0.122. The number of rotatable bonds is 0. The molecule has 1 aliphatic rings. The molecule has 2 aromatic rings. The van der Waals surface area contributed by atoms with E-state index in [1.807, 2.05) is 26.8 Å². The number of carbonyl (C=O) groups excluding carboxylic acids is 1. The third-order valence-corrected chi connectivity index (χ3v) is 3.97. The molecule has 0 unspecified atom stereocenters. The van der Waals surface area contributed by atoms with Gasteiger partial charge >= 0.3 is 6.09 Å². The van der Waals surface area contributed by atoms with Gasteiger partial charge in [-0.1, -0.05) is 31.5 Å². The van der Waals surface area contributed by atoms with E-state index < -0.39 is 17.5 Å². The van der Waals surface area contributed by atoms with Gasteiger partial charge in [-0.05, 0) is 45.4 Å². The van der Waals surface area contributed by atoms with Gasteiger partial charge in [0.15, 0.2) is 11.6 Å². The number of hydrogen-bond acceptors (Lipinski definition) is 4. The minimum atomic E-state index is -0.710. The maximum atomic E-state index is 13.8. The Balaban J connectivity index is 0.00000126. The van der Waals surface area contributed by atoms with Crippen molar-refractivity contribution >= 4 is 29.2 Å². The first-order valence-electron chi connectivity index (χ1n) is 8.77. The van der Waals surface area contributed by atoms with Crippen molar-refractivity contribution < 1.29 is 18.7 Å². The molecule has 0 saturated heterocycles. The SMILES string of the molecule is CC.Cc1ccc2c(c1)N(C(=O)OC(C)(C)C)c1ncc(F)c(Cl)c1CO2. The molecule has 1 aromatic carbocycles. The van der Waals surface area contributed by atoms with Crippen molar-refractivity contribution in [2.45, 2.75) is 53.8 Å². The molecular formula is C20H24ClFN2O3. The Kier molecular flexibility index (Phi) is 6.31. The molecule has 0 aliphatic carbocycles. The van der Waals surface area contributed by atoms with Crippen LogP contribution in [0.25, 0.3) is 0 Å². The van der Waals surface area contributed by atoms with E-state index in [1.54, 1.807) is 32.9 Å². The Morgan fingerprint density at radius 3 is 2.63 bits per heavy atom. The van der Waals surface area contributed by atoms with Crippen LogP contribution in [0.5, 0.6) is 5.75 Å². The van der Waals surface area contributed by atoms with Crippen molar-refractivity contribution in [3.8, 4) is 5.75 Å². The summed E-state index contributed by atoms with van der Waals surface area (Å²) in [4.78, 5) is 18.2. The lowest BCUT2D eigenvalue weighted by Gasteiger charge is -2.27.